The molecule has 0 bridgehead atoms. The van der Waals surface area contributed by atoms with Crippen LogP contribution in [0.4, 0.5) is 0 Å². The minimum atomic E-state index is -4.65. The minimum absolute atomic E-state index is 0.0910. The van der Waals surface area contributed by atoms with Crippen molar-refractivity contribution in [3.05, 3.63) is 72.9 Å². The van der Waals surface area contributed by atoms with E-state index in [1.807, 2.05) is 48.6 Å². The fourth-order valence-corrected chi connectivity index (χ4v) is 6.81. The molecule has 0 aliphatic rings. The molecule has 0 saturated heterocycles. The van der Waals surface area contributed by atoms with E-state index in [-0.39, 0.29) is 19.4 Å². The van der Waals surface area contributed by atoms with Gasteiger partial charge in [-0.2, -0.15) is 0 Å². The number of carbonyl (C=O) groups excluding carboxylic acids is 2. The van der Waals surface area contributed by atoms with Crippen molar-refractivity contribution in [2.24, 2.45) is 5.92 Å². The van der Waals surface area contributed by atoms with Crippen LogP contribution in [0.15, 0.2) is 72.9 Å². The van der Waals surface area contributed by atoms with Crippen LogP contribution in [0.1, 0.15) is 175 Å². The summed E-state index contributed by atoms with van der Waals surface area (Å²) in [6, 6.07) is 0. The van der Waals surface area contributed by atoms with Gasteiger partial charge in [-0.05, 0) is 50.9 Å². The summed E-state index contributed by atoms with van der Waals surface area (Å²) in [6.07, 6.45) is 44.8. The van der Waals surface area contributed by atoms with Gasteiger partial charge in [-0.3, -0.25) is 18.6 Å². The molecule has 3 unspecified atom stereocenters. The highest BCUT2D eigenvalue weighted by Gasteiger charge is 2.27. The Morgan fingerprint density at radius 1 is 0.623 bits per heavy atom. The first-order chi connectivity index (χ1) is 29.5. The van der Waals surface area contributed by atoms with Gasteiger partial charge >= 0.3 is 19.8 Å². The van der Waals surface area contributed by atoms with Crippen LogP contribution in [0.2, 0.25) is 0 Å². The number of hydrogen-bond donors (Lipinski definition) is 4. The van der Waals surface area contributed by atoms with E-state index in [1.165, 1.54) is 77.0 Å². The van der Waals surface area contributed by atoms with Gasteiger partial charge in [-0.1, -0.05) is 190 Å². The largest absolute Gasteiger partial charge is 0.472 e. The standard InChI is InChI=1S/C49H85O11P/c1-4-6-7-8-26-31-36-45(51)37-32-27-22-18-15-16-19-23-28-33-38-48(53)57-42-47(43-59-61(55,56)58-41-46(52)40-50)60-49(54)39-34-29-24-20-14-12-10-9-11-13-17-21-25-30-35-44(3)5-2/h6-7,15-16,22-23,26-28,31-32,37,44-47,50-52H,4-5,8-14,17-21,24-25,29-30,33-36,38-43H2,1-3H3,(H,55,56)/b7-6-,16-15-,27-22-,28-23-,31-26-,37-32+/t44?,45?,46-,47+/m0/s1. The van der Waals surface area contributed by atoms with Crippen molar-refractivity contribution in [2.45, 2.75) is 193 Å². The molecular formula is C49H85O11P. The fraction of sp³-hybridized carbons (Fsp3) is 0.714. The molecule has 0 radical (unpaired) electrons. The topological polar surface area (TPSA) is 169 Å². The molecule has 352 valence electrons. The van der Waals surface area contributed by atoms with Crippen LogP contribution in [-0.2, 0) is 32.7 Å². The molecule has 0 rings (SSSR count). The molecular weight excluding hydrogens is 796 g/mol. The first kappa shape index (κ1) is 58.4. The Bertz CT molecular complexity index is 1270. The second kappa shape index (κ2) is 42.7. The number of rotatable bonds is 42. The van der Waals surface area contributed by atoms with E-state index in [0.717, 1.165) is 44.4 Å². The number of allylic oxidation sites excluding steroid dienone is 10. The zero-order valence-electron chi connectivity index (χ0n) is 38.1. The van der Waals surface area contributed by atoms with Gasteiger partial charge in [0.15, 0.2) is 6.10 Å². The second-order valence-electron chi connectivity index (χ2n) is 15.8. The van der Waals surface area contributed by atoms with Gasteiger partial charge in [0.25, 0.3) is 0 Å². The van der Waals surface area contributed by atoms with Crippen LogP contribution in [0.3, 0.4) is 0 Å². The van der Waals surface area contributed by atoms with E-state index in [9.17, 15) is 29.3 Å². The molecule has 5 atom stereocenters. The van der Waals surface area contributed by atoms with E-state index >= 15 is 0 Å². The lowest BCUT2D eigenvalue weighted by Gasteiger charge is -2.20. The Hall–Kier alpha value is -2.63. The molecule has 0 aromatic rings. The highest BCUT2D eigenvalue weighted by molar-refractivity contribution is 7.47. The molecule has 0 saturated carbocycles. The molecule has 4 N–H and O–H groups in total. The number of aliphatic hydroxyl groups excluding tert-OH is 3. The lowest BCUT2D eigenvalue weighted by molar-refractivity contribution is -0.161. The van der Waals surface area contributed by atoms with Crippen molar-refractivity contribution < 1.29 is 52.9 Å². The molecule has 61 heavy (non-hydrogen) atoms. The number of phosphoric acid groups is 1. The van der Waals surface area contributed by atoms with Gasteiger partial charge in [0, 0.05) is 12.8 Å². The first-order valence-electron chi connectivity index (χ1n) is 23.4. The molecule has 0 spiro atoms. The summed E-state index contributed by atoms with van der Waals surface area (Å²) >= 11 is 0. The van der Waals surface area contributed by atoms with Crippen LogP contribution < -0.4 is 0 Å². The lowest BCUT2D eigenvalue weighted by Crippen LogP contribution is -2.29. The number of phosphoric ester groups is 1. The Morgan fingerprint density at radius 3 is 1.77 bits per heavy atom. The zero-order valence-corrected chi connectivity index (χ0v) is 39.0. The van der Waals surface area contributed by atoms with Crippen molar-refractivity contribution in [1.29, 1.82) is 0 Å². The average molecular weight is 881 g/mol. The monoisotopic (exact) mass is 881 g/mol. The Balaban J connectivity index is 4.42. The molecule has 0 aromatic carbocycles. The van der Waals surface area contributed by atoms with Crippen LogP contribution in [0, 0.1) is 5.92 Å². The number of carbonyl (C=O) groups is 2. The maximum absolute atomic E-state index is 12.6. The summed E-state index contributed by atoms with van der Waals surface area (Å²) in [7, 11) is -4.65. The highest BCUT2D eigenvalue weighted by Crippen LogP contribution is 2.43. The van der Waals surface area contributed by atoms with Crippen LogP contribution in [-0.4, -0.2) is 76.9 Å². The molecule has 0 amide bonds. The normalized spacial score (nSPS) is 15.5. The van der Waals surface area contributed by atoms with E-state index < -0.39 is 57.9 Å². The fourth-order valence-electron chi connectivity index (χ4n) is 6.02. The van der Waals surface area contributed by atoms with Crippen molar-refractivity contribution in [1.82, 2.24) is 0 Å². The predicted octanol–water partition coefficient (Wildman–Crippen LogP) is 11.7. The number of aliphatic hydroxyl groups is 3. The van der Waals surface area contributed by atoms with E-state index in [0.29, 0.717) is 25.7 Å². The molecule has 0 aliphatic carbocycles. The molecule has 0 fully saturated rings. The minimum Gasteiger partial charge on any atom is -0.462 e. The first-order valence-corrected chi connectivity index (χ1v) is 24.9. The summed E-state index contributed by atoms with van der Waals surface area (Å²) in [6.45, 7) is 4.47. The third-order valence-electron chi connectivity index (χ3n) is 10.0. The average Bonchev–Trinajstić information content (AvgIpc) is 3.24. The van der Waals surface area contributed by atoms with Gasteiger partial charge in [0.2, 0.25) is 0 Å². The van der Waals surface area contributed by atoms with Crippen LogP contribution in [0.25, 0.3) is 0 Å². The highest BCUT2D eigenvalue weighted by atomic mass is 31.2. The van der Waals surface area contributed by atoms with Gasteiger partial charge in [-0.15, -0.1) is 0 Å². The van der Waals surface area contributed by atoms with Crippen molar-refractivity contribution >= 4 is 19.8 Å². The number of unbranched alkanes of at least 4 members (excludes halogenated alkanes) is 13. The zero-order chi connectivity index (χ0) is 45.1. The Morgan fingerprint density at radius 2 is 1.16 bits per heavy atom. The number of hydrogen-bond acceptors (Lipinski definition) is 10. The summed E-state index contributed by atoms with van der Waals surface area (Å²) in [5.41, 5.74) is 0. The number of esters is 2. The SMILES string of the molecule is CC/C=C\C/C=C\CC(O)/C=C/C=C\C/C=C\C/C=C\CCC(=O)OC[C@H](COP(=O)(O)OC[C@@H](O)CO)OC(=O)CCCCCCCCCCCCCCCCC(C)CC. The third kappa shape index (κ3) is 42.4. The molecule has 0 aliphatic heterocycles. The Labute approximate surface area is 370 Å². The molecule has 12 heteroatoms. The van der Waals surface area contributed by atoms with E-state index in [4.69, 9.17) is 19.1 Å². The van der Waals surface area contributed by atoms with Crippen molar-refractivity contribution in [3.8, 4) is 0 Å². The predicted molar refractivity (Wildman–Crippen MR) is 248 cm³/mol. The van der Waals surface area contributed by atoms with Crippen molar-refractivity contribution in [3.63, 3.8) is 0 Å². The molecule has 0 heterocycles. The maximum Gasteiger partial charge on any atom is 0.472 e. The lowest BCUT2D eigenvalue weighted by atomic mass is 9.99. The second-order valence-corrected chi connectivity index (χ2v) is 17.3. The van der Waals surface area contributed by atoms with Crippen molar-refractivity contribution in [2.75, 3.05) is 26.4 Å². The summed E-state index contributed by atoms with van der Waals surface area (Å²) in [5.74, 6) is -0.189. The Kier molecular flexibility index (Phi) is 40.8. The van der Waals surface area contributed by atoms with Gasteiger partial charge < -0.3 is 29.7 Å². The van der Waals surface area contributed by atoms with Gasteiger partial charge in [0.05, 0.1) is 25.9 Å². The summed E-state index contributed by atoms with van der Waals surface area (Å²) in [4.78, 5) is 35.0. The van der Waals surface area contributed by atoms with Crippen LogP contribution >= 0.6 is 7.82 Å². The summed E-state index contributed by atoms with van der Waals surface area (Å²) in [5, 5.41) is 28.4. The summed E-state index contributed by atoms with van der Waals surface area (Å²) < 4.78 is 32.7. The van der Waals surface area contributed by atoms with Crippen LogP contribution in [0.5, 0.6) is 0 Å². The maximum atomic E-state index is 12.6. The molecule has 0 aromatic heterocycles. The molecule has 11 nitrogen and oxygen atoms in total. The third-order valence-corrected chi connectivity index (χ3v) is 11.0. The quantitative estimate of drug-likeness (QED) is 0.0151. The van der Waals surface area contributed by atoms with Gasteiger partial charge in [0.1, 0.15) is 12.7 Å². The number of ether oxygens (including phenoxy) is 2. The van der Waals surface area contributed by atoms with E-state index in [1.54, 1.807) is 6.08 Å². The van der Waals surface area contributed by atoms with Gasteiger partial charge in [-0.25, -0.2) is 4.57 Å². The smallest absolute Gasteiger partial charge is 0.462 e. The van der Waals surface area contributed by atoms with E-state index in [2.05, 4.69) is 43.5 Å².